The standard InChI is InChI=1S/C19H20ClN3O2S/c1-13-3-6-15(11-17(13)20)22-18(24)9-10-19(25)23-21-12-14-4-7-16(26-2)8-5-14/h3-8,11-12H,9-10H2,1-2H3,(H,22,24)(H,23,25). The molecular weight excluding hydrogens is 370 g/mol. The van der Waals surface area contributed by atoms with E-state index in [4.69, 9.17) is 11.6 Å². The maximum absolute atomic E-state index is 11.9. The van der Waals surface area contributed by atoms with E-state index >= 15 is 0 Å². The minimum atomic E-state index is -0.320. The van der Waals surface area contributed by atoms with Gasteiger partial charge < -0.3 is 5.32 Å². The average molecular weight is 390 g/mol. The number of rotatable bonds is 7. The van der Waals surface area contributed by atoms with E-state index in [-0.39, 0.29) is 24.7 Å². The molecule has 0 saturated carbocycles. The summed E-state index contributed by atoms with van der Waals surface area (Å²) in [5, 5.41) is 7.20. The number of anilines is 1. The number of hydrazone groups is 1. The molecule has 0 aliphatic carbocycles. The number of nitrogens with zero attached hydrogens (tertiary/aromatic N) is 1. The molecule has 0 heterocycles. The van der Waals surface area contributed by atoms with Crippen LogP contribution in [0.25, 0.3) is 0 Å². The van der Waals surface area contributed by atoms with Crippen molar-refractivity contribution in [1.82, 2.24) is 5.43 Å². The first-order valence-electron chi connectivity index (χ1n) is 8.00. The van der Waals surface area contributed by atoms with Crippen LogP contribution < -0.4 is 10.7 Å². The Labute approximate surface area is 162 Å². The van der Waals surface area contributed by atoms with Crippen molar-refractivity contribution in [3.8, 4) is 0 Å². The molecule has 2 aromatic carbocycles. The predicted molar refractivity (Wildman–Crippen MR) is 108 cm³/mol. The third kappa shape index (κ3) is 6.54. The predicted octanol–water partition coefficient (Wildman–Crippen LogP) is 4.24. The van der Waals surface area contributed by atoms with Gasteiger partial charge in [0.05, 0.1) is 6.21 Å². The molecule has 2 N–H and O–H groups in total. The minimum Gasteiger partial charge on any atom is -0.326 e. The van der Waals surface area contributed by atoms with Gasteiger partial charge in [0.2, 0.25) is 11.8 Å². The summed E-state index contributed by atoms with van der Waals surface area (Å²) in [6.07, 6.45) is 3.69. The van der Waals surface area contributed by atoms with Crippen LogP contribution in [0.4, 0.5) is 5.69 Å². The number of nitrogens with one attached hydrogen (secondary N) is 2. The molecule has 0 atom stereocenters. The van der Waals surface area contributed by atoms with Crippen molar-refractivity contribution in [3.05, 3.63) is 58.6 Å². The third-order valence-electron chi connectivity index (χ3n) is 3.55. The molecule has 0 unspecified atom stereocenters. The lowest BCUT2D eigenvalue weighted by atomic mass is 10.2. The second-order valence-corrected chi connectivity index (χ2v) is 6.87. The Morgan fingerprint density at radius 2 is 1.81 bits per heavy atom. The van der Waals surface area contributed by atoms with E-state index < -0.39 is 0 Å². The third-order valence-corrected chi connectivity index (χ3v) is 4.70. The monoisotopic (exact) mass is 389 g/mol. The summed E-state index contributed by atoms with van der Waals surface area (Å²) < 4.78 is 0. The van der Waals surface area contributed by atoms with Crippen molar-refractivity contribution in [2.24, 2.45) is 5.10 Å². The molecule has 0 bridgehead atoms. The summed E-state index contributed by atoms with van der Waals surface area (Å²) in [5.41, 5.74) is 4.85. The zero-order chi connectivity index (χ0) is 18.9. The average Bonchev–Trinajstić information content (AvgIpc) is 2.63. The molecule has 7 heteroatoms. The molecule has 0 aliphatic rings. The molecule has 0 aliphatic heterocycles. The van der Waals surface area contributed by atoms with Crippen LogP contribution in [0.5, 0.6) is 0 Å². The maximum atomic E-state index is 11.9. The Hall–Kier alpha value is -2.31. The fourth-order valence-electron chi connectivity index (χ4n) is 2.05. The van der Waals surface area contributed by atoms with Gasteiger partial charge in [0.15, 0.2) is 0 Å². The molecule has 2 rings (SSSR count). The normalized spacial score (nSPS) is 10.7. The van der Waals surface area contributed by atoms with Crippen molar-refractivity contribution >= 4 is 47.1 Å². The van der Waals surface area contributed by atoms with Crippen molar-refractivity contribution in [3.63, 3.8) is 0 Å². The molecule has 0 radical (unpaired) electrons. The number of aryl methyl sites for hydroxylation is 1. The number of hydrogen-bond acceptors (Lipinski definition) is 4. The summed E-state index contributed by atoms with van der Waals surface area (Å²) in [4.78, 5) is 24.8. The zero-order valence-corrected chi connectivity index (χ0v) is 16.2. The first-order valence-corrected chi connectivity index (χ1v) is 9.60. The second-order valence-electron chi connectivity index (χ2n) is 5.58. The summed E-state index contributed by atoms with van der Waals surface area (Å²) in [6.45, 7) is 1.88. The van der Waals surface area contributed by atoms with Crippen LogP contribution in [0.3, 0.4) is 0 Å². The van der Waals surface area contributed by atoms with Crippen LogP contribution in [0.2, 0.25) is 5.02 Å². The van der Waals surface area contributed by atoms with E-state index in [2.05, 4.69) is 15.8 Å². The Kier molecular flexibility index (Phi) is 7.69. The number of thioether (sulfide) groups is 1. The lowest BCUT2D eigenvalue weighted by Gasteiger charge is -2.06. The van der Waals surface area contributed by atoms with E-state index in [1.165, 1.54) is 0 Å². The first kappa shape index (κ1) is 20.0. The van der Waals surface area contributed by atoms with Crippen molar-refractivity contribution < 1.29 is 9.59 Å². The fraction of sp³-hybridized carbons (Fsp3) is 0.211. The lowest BCUT2D eigenvalue weighted by Crippen LogP contribution is -2.20. The smallest absolute Gasteiger partial charge is 0.240 e. The van der Waals surface area contributed by atoms with Crippen molar-refractivity contribution in [1.29, 1.82) is 0 Å². The topological polar surface area (TPSA) is 70.6 Å². The van der Waals surface area contributed by atoms with Gasteiger partial charge >= 0.3 is 0 Å². The molecule has 0 saturated heterocycles. The van der Waals surface area contributed by atoms with Gasteiger partial charge in [-0.1, -0.05) is 29.8 Å². The Morgan fingerprint density at radius 1 is 1.12 bits per heavy atom. The number of carbonyl (C=O) groups excluding carboxylic acids is 2. The minimum absolute atomic E-state index is 0.0498. The first-order chi connectivity index (χ1) is 12.5. The van der Waals surface area contributed by atoms with E-state index in [0.29, 0.717) is 10.7 Å². The van der Waals surface area contributed by atoms with Gasteiger partial charge in [-0.25, -0.2) is 5.43 Å². The van der Waals surface area contributed by atoms with Crippen LogP contribution in [-0.4, -0.2) is 24.3 Å². The van der Waals surface area contributed by atoms with E-state index in [1.807, 2.05) is 43.5 Å². The SMILES string of the molecule is CSc1ccc(C=NNC(=O)CCC(=O)Nc2ccc(C)c(Cl)c2)cc1. The number of benzene rings is 2. The molecule has 26 heavy (non-hydrogen) atoms. The van der Waals surface area contributed by atoms with Gasteiger partial charge in [-0.05, 0) is 48.6 Å². The van der Waals surface area contributed by atoms with Crippen molar-refractivity contribution in [2.45, 2.75) is 24.7 Å². The Bertz CT molecular complexity index is 807. The number of hydrogen-bond donors (Lipinski definition) is 2. The highest BCUT2D eigenvalue weighted by atomic mass is 35.5. The van der Waals surface area contributed by atoms with Crippen LogP contribution in [0.1, 0.15) is 24.0 Å². The number of halogens is 1. The van der Waals surface area contributed by atoms with Gasteiger partial charge in [-0.15, -0.1) is 11.8 Å². The Morgan fingerprint density at radius 3 is 2.46 bits per heavy atom. The van der Waals surface area contributed by atoms with Gasteiger partial charge in [-0.2, -0.15) is 5.10 Å². The number of carbonyl (C=O) groups is 2. The molecule has 0 spiro atoms. The largest absolute Gasteiger partial charge is 0.326 e. The summed E-state index contributed by atoms with van der Waals surface area (Å²) in [5.74, 6) is -0.573. The van der Waals surface area contributed by atoms with Crippen LogP contribution in [0.15, 0.2) is 52.5 Å². The molecule has 136 valence electrons. The van der Waals surface area contributed by atoms with Gasteiger partial charge in [0.1, 0.15) is 0 Å². The van der Waals surface area contributed by atoms with Gasteiger partial charge in [-0.3, -0.25) is 9.59 Å². The van der Waals surface area contributed by atoms with Crippen LogP contribution in [0, 0.1) is 6.92 Å². The van der Waals surface area contributed by atoms with Crippen LogP contribution in [-0.2, 0) is 9.59 Å². The molecule has 0 fully saturated rings. The molecule has 2 amide bonds. The summed E-state index contributed by atoms with van der Waals surface area (Å²) >= 11 is 7.67. The second kappa shape index (κ2) is 9.99. The van der Waals surface area contributed by atoms with E-state index in [9.17, 15) is 9.59 Å². The van der Waals surface area contributed by atoms with Gasteiger partial charge in [0.25, 0.3) is 0 Å². The summed E-state index contributed by atoms with van der Waals surface area (Å²) in [7, 11) is 0. The molecule has 2 aromatic rings. The van der Waals surface area contributed by atoms with Crippen molar-refractivity contribution in [2.75, 3.05) is 11.6 Å². The molecular formula is C19H20ClN3O2S. The molecule has 0 aromatic heterocycles. The zero-order valence-electron chi connectivity index (χ0n) is 14.6. The van der Waals surface area contributed by atoms with E-state index in [1.54, 1.807) is 30.1 Å². The van der Waals surface area contributed by atoms with E-state index in [0.717, 1.165) is 16.0 Å². The number of amides is 2. The summed E-state index contributed by atoms with van der Waals surface area (Å²) in [6, 6.07) is 13.1. The Balaban J connectivity index is 1.74. The lowest BCUT2D eigenvalue weighted by molar-refractivity contribution is -0.124. The maximum Gasteiger partial charge on any atom is 0.240 e. The highest BCUT2D eigenvalue weighted by molar-refractivity contribution is 7.98. The fourth-order valence-corrected chi connectivity index (χ4v) is 2.63. The van der Waals surface area contributed by atoms with Gasteiger partial charge in [0, 0.05) is 28.4 Å². The quantitative estimate of drug-likeness (QED) is 0.422. The highest BCUT2D eigenvalue weighted by Gasteiger charge is 2.07. The van der Waals surface area contributed by atoms with Crippen LogP contribution >= 0.6 is 23.4 Å². The highest BCUT2D eigenvalue weighted by Crippen LogP contribution is 2.20. The molecule has 5 nitrogen and oxygen atoms in total.